The molecule has 4 N–H and O–H groups in total. The molecule has 0 spiro atoms. The summed E-state index contributed by atoms with van der Waals surface area (Å²) in [5.41, 5.74) is 3.57. The van der Waals surface area contributed by atoms with Crippen LogP contribution >= 0.6 is 48.0 Å². The van der Waals surface area contributed by atoms with Crippen molar-refractivity contribution >= 4 is 93.8 Å². The number of fused-ring (bicyclic) bond motifs is 4. The molecule has 0 aromatic heterocycles. The minimum atomic E-state index is -0.764. The number of thiocarbonyl (C=S) groups is 2. The summed E-state index contributed by atoms with van der Waals surface area (Å²) in [6, 6.07) is 19.3. The summed E-state index contributed by atoms with van der Waals surface area (Å²) < 4.78 is 24.6. The largest absolute Gasteiger partial charge is 0.444 e. The minimum absolute atomic E-state index is 0.194. The fourth-order valence-electron chi connectivity index (χ4n) is 13.0. The van der Waals surface area contributed by atoms with E-state index in [1.54, 1.807) is 103 Å². The van der Waals surface area contributed by atoms with E-state index in [0.717, 1.165) is 33.4 Å². The van der Waals surface area contributed by atoms with Crippen LogP contribution in [0.2, 0.25) is 0 Å². The van der Waals surface area contributed by atoms with Crippen molar-refractivity contribution in [3.8, 4) is 0 Å². The highest BCUT2D eigenvalue weighted by Crippen LogP contribution is 2.49. The van der Waals surface area contributed by atoms with E-state index >= 15 is 0 Å². The number of carbonyl (C=O) groups is 6. The van der Waals surface area contributed by atoms with Gasteiger partial charge in [0.05, 0.1) is 70.3 Å². The van der Waals surface area contributed by atoms with Gasteiger partial charge < -0.3 is 59.8 Å². The Kier molecular flexibility index (Phi) is 20.3. The topological polar surface area (TPSA) is 200 Å². The van der Waals surface area contributed by atoms with E-state index in [0.29, 0.717) is 60.0 Å². The van der Waals surface area contributed by atoms with Crippen molar-refractivity contribution in [2.45, 2.75) is 217 Å². The summed E-state index contributed by atoms with van der Waals surface area (Å²) in [7, 11) is 3.25. The molecule has 4 saturated heterocycles. The molecular weight excluding hydrogens is 1190 g/mol. The number of likely N-dealkylation sites (N-methyl/N-ethyl adjacent to an activating group) is 2. The zero-order valence-electron chi connectivity index (χ0n) is 53.4. The average Bonchev–Trinajstić information content (AvgIpc) is 2.25. The van der Waals surface area contributed by atoms with Crippen molar-refractivity contribution in [2.75, 3.05) is 25.6 Å². The Morgan fingerprint density at radius 3 is 1.30 bits per heavy atom. The molecular formula is C66H90N8O10S4. The van der Waals surface area contributed by atoms with Gasteiger partial charge in [0.15, 0.2) is 0 Å². The average molecular weight is 1280 g/mol. The second-order valence-corrected chi connectivity index (χ2v) is 31.3. The molecule has 2 aliphatic carbocycles. The monoisotopic (exact) mass is 1280 g/mol. The summed E-state index contributed by atoms with van der Waals surface area (Å²) in [5.74, 6) is 0.508. The number of nitrogens with one attached hydrogen (secondary N) is 4. The van der Waals surface area contributed by atoms with E-state index in [1.807, 2.05) is 60.7 Å². The summed E-state index contributed by atoms with van der Waals surface area (Å²) in [4.78, 5) is 92.3. The lowest BCUT2D eigenvalue weighted by Crippen LogP contribution is -2.58. The third kappa shape index (κ3) is 14.9. The molecule has 6 aliphatic rings. The molecule has 478 valence electrons. The number of hydrogen-bond acceptors (Lipinski definition) is 14. The maximum absolute atomic E-state index is 14.9. The van der Waals surface area contributed by atoms with Crippen LogP contribution in [0.3, 0.4) is 0 Å². The highest BCUT2D eigenvalue weighted by molar-refractivity contribution is 8.00. The van der Waals surface area contributed by atoms with Crippen molar-refractivity contribution in [2.24, 2.45) is 10.8 Å². The van der Waals surface area contributed by atoms with E-state index < -0.39 is 82.6 Å². The lowest BCUT2D eigenvalue weighted by atomic mass is 9.83. The summed E-state index contributed by atoms with van der Waals surface area (Å²) in [5, 5.41) is 12.9. The van der Waals surface area contributed by atoms with Gasteiger partial charge in [0.2, 0.25) is 23.6 Å². The van der Waals surface area contributed by atoms with Crippen LogP contribution in [0.15, 0.2) is 72.8 Å². The maximum Gasteiger partial charge on any atom is 0.410 e. The standard InChI is InChI=1S/C66H90N8O10S4/c1-37(71(13)61(79)83-63(3,4)5)57(85)67-45-27-29-87-49-33-65(9,10)53(73(49)59(45)77)55(75)69-51-43-21-17-15-19-41(43)31-47(51)81-35-39-23-25-40(26-24-39)36-82-48-32-42-20-16-18-22-44(42)52(48)70-56(76)54-66(11,12)34-50-74(54)60(78)46(28-30-88-50)68-58(86)38(2)72(14)62(80)84-64(6,7)8/h15-26,37-38,45-54H,27-36H2,1-14H3,(H,67,85)(H,68,86)(H,69,75)(H,70,76)/t37-,38-,45-,46-,47+,48+,49-,50-,51-,52-,53+,54+/m0/s1. The van der Waals surface area contributed by atoms with Crippen molar-refractivity contribution in [3.63, 3.8) is 0 Å². The lowest BCUT2D eigenvalue weighted by Gasteiger charge is -2.36. The number of ether oxygens (including phenoxy) is 4. The summed E-state index contributed by atoms with van der Waals surface area (Å²) in [6.07, 6.45) is 1.68. The van der Waals surface area contributed by atoms with E-state index in [2.05, 4.69) is 61.1 Å². The normalized spacial score (nSPS) is 26.8. The van der Waals surface area contributed by atoms with Gasteiger partial charge in [0, 0.05) is 26.9 Å². The molecule has 88 heavy (non-hydrogen) atoms. The molecule has 3 aromatic carbocycles. The molecule has 4 fully saturated rings. The van der Waals surface area contributed by atoms with Crippen LogP contribution in [0, 0.1) is 10.8 Å². The quantitative estimate of drug-likeness (QED) is 0.0988. The maximum atomic E-state index is 14.9. The second-order valence-electron chi connectivity index (χ2n) is 27.9. The predicted octanol–water partition coefficient (Wildman–Crippen LogP) is 9.55. The fraction of sp³-hybridized carbons (Fsp3) is 0.606. The van der Waals surface area contributed by atoms with Gasteiger partial charge in [-0.25, -0.2) is 9.59 Å². The van der Waals surface area contributed by atoms with Crippen LogP contribution in [-0.4, -0.2) is 161 Å². The van der Waals surface area contributed by atoms with Crippen LogP contribution in [0.4, 0.5) is 9.59 Å². The van der Waals surface area contributed by atoms with Crippen LogP contribution in [0.5, 0.6) is 0 Å². The van der Waals surface area contributed by atoms with Gasteiger partial charge in [0.25, 0.3) is 0 Å². The smallest absolute Gasteiger partial charge is 0.410 e. The fourth-order valence-corrected chi connectivity index (χ4v) is 16.8. The predicted molar refractivity (Wildman–Crippen MR) is 351 cm³/mol. The molecule has 22 heteroatoms. The number of thioether (sulfide) groups is 2. The molecule has 9 rings (SSSR count). The van der Waals surface area contributed by atoms with Crippen LogP contribution in [0.25, 0.3) is 0 Å². The molecule has 12 atom stereocenters. The molecule has 0 bridgehead atoms. The van der Waals surface area contributed by atoms with Gasteiger partial charge >= 0.3 is 12.2 Å². The summed E-state index contributed by atoms with van der Waals surface area (Å²) >= 11 is 15.0. The number of amides is 6. The number of rotatable bonds is 16. The molecule has 4 heterocycles. The lowest BCUT2D eigenvalue weighted by molar-refractivity contribution is -0.143. The van der Waals surface area contributed by atoms with Crippen molar-refractivity contribution in [1.82, 2.24) is 40.9 Å². The molecule has 18 nitrogen and oxygen atoms in total. The van der Waals surface area contributed by atoms with Crippen LogP contribution < -0.4 is 21.3 Å². The first-order valence-corrected chi connectivity index (χ1v) is 33.7. The molecule has 6 amide bonds. The van der Waals surface area contributed by atoms with Gasteiger partial charge in [0.1, 0.15) is 35.4 Å². The first-order chi connectivity index (χ1) is 41.3. The molecule has 0 saturated carbocycles. The highest BCUT2D eigenvalue weighted by atomic mass is 32.2. The number of nitrogens with zero attached hydrogens (tertiary/aromatic N) is 4. The van der Waals surface area contributed by atoms with Crippen LogP contribution in [0.1, 0.15) is 154 Å². The van der Waals surface area contributed by atoms with Crippen molar-refractivity contribution < 1.29 is 47.7 Å². The van der Waals surface area contributed by atoms with E-state index in [4.69, 9.17) is 43.4 Å². The van der Waals surface area contributed by atoms with E-state index in [1.165, 1.54) is 9.80 Å². The Morgan fingerprint density at radius 2 is 0.943 bits per heavy atom. The van der Waals surface area contributed by atoms with Gasteiger partial charge in [-0.2, -0.15) is 0 Å². The van der Waals surface area contributed by atoms with Gasteiger partial charge in [-0.05, 0) is 137 Å². The Morgan fingerprint density at radius 1 is 0.591 bits per heavy atom. The molecule has 0 unspecified atom stereocenters. The van der Waals surface area contributed by atoms with Crippen molar-refractivity contribution in [3.05, 3.63) is 106 Å². The van der Waals surface area contributed by atoms with Gasteiger partial charge in [-0.15, -0.1) is 23.5 Å². The number of hydrogen-bond donors (Lipinski definition) is 4. The Bertz CT molecular complexity index is 2930. The minimum Gasteiger partial charge on any atom is -0.444 e. The van der Waals surface area contributed by atoms with Gasteiger partial charge in [-0.3, -0.25) is 19.2 Å². The third-order valence-electron chi connectivity index (χ3n) is 17.9. The second kappa shape index (κ2) is 26.7. The Hall–Kier alpha value is -5.52. The molecule has 0 radical (unpaired) electrons. The summed E-state index contributed by atoms with van der Waals surface area (Å²) in [6.45, 7) is 23.2. The number of carbonyl (C=O) groups excluding carboxylic acids is 6. The molecule has 4 aliphatic heterocycles. The van der Waals surface area contributed by atoms with Crippen molar-refractivity contribution in [1.29, 1.82) is 0 Å². The third-order valence-corrected chi connectivity index (χ3v) is 21.3. The van der Waals surface area contributed by atoms with Crippen LogP contribution in [-0.2, 0) is 64.2 Å². The highest BCUT2D eigenvalue weighted by Gasteiger charge is 2.57. The zero-order chi connectivity index (χ0) is 63.9. The molecule has 3 aromatic rings. The first kappa shape index (κ1) is 66.9. The van der Waals surface area contributed by atoms with Gasteiger partial charge in [-0.1, -0.05) is 125 Å². The SMILES string of the molecule is C[C@@H](C(=S)N[C@H]1CCS[C@H]2CC(C)(C)[C@@H](C(=O)N[C@H]3c4ccccc4C[C@H]3OCc3ccc(CO[C@@H]4Cc5ccccc5[C@@H]4NC(=O)[C@H]4N5C(=O)[C@@H](NC(=S)[C@H](C)N(C)C(=O)OC(C)(C)C)CCS[C@H]5CC4(C)C)cc3)N2C1=O)N(C)C(=O)OC(C)(C)C. The zero-order valence-corrected chi connectivity index (χ0v) is 56.7. The van der Waals surface area contributed by atoms with E-state index in [-0.39, 0.29) is 59.8 Å². The Balaban J connectivity index is 0.826. The Labute approximate surface area is 539 Å². The number of benzene rings is 3. The first-order valence-electron chi connectivity index (χ1n) is 30.8. The van der Waals surface area contributed by atoms with E-state index in [9.17, 15) is 28.8 Å².